The van der Waals surface area contributed by atoms with Gasteiger partial charge in [0.25, 0.3) is 5.91 Å². The zero-order valence-electron chi connectivity index (χ0n) is 9.80. The van der Waals surface area contributed by atoms with Crippen molar-refractivity contribution in [3.8, 4) is 12.3 Å². The molecule has 5 heteroatoms. The molecule has 0 aliphatic rings. The fourth-order valence-electron chi connectivity index (χ4n) is 1.39. The van der Waals surface area contributed by atoms with E-state index >= 15 is 0 Å². The lowest BCUT2D eigenvalue weighted by atomic mass is 10.1. The maximum Gasteiger partial charge on any atom is 0.254 e. The standard InChI is InChI=1S/C13H14F2N2O/c1-2-3-4-5-6-17-13(18)9-7-12(16)11(15)8-10(9)14/h1,7-8H,3-6,16H2,(H,17,18). The molecular formula is C13H14F2N2O. The van der Waals surface area contributed by atoms with Crippen LogP contribution in [0.3, 0.4) is 0 Å². The van der Waals surface area contributed by atoms with Crippen LogP contribution in [0, 0.1) is 24.0 Å². The second-order valence-corrected chi connectivity index (χ2v) is 3.77. The van der Waals surface area contributed by atoms with Crippen LogP contribution >= 0.6 is 0 Å². The number of carbonyl (C=O) groups is 1. The molecule has 1 aromatic carbocycles. The smallest absolute Gasteiger partial charge is 0.254 e. The summed E-state index contributed by atoms with van der Waals surface area (Å²) in [6, 6.07) is 1.59. The number of nitrogen functional groups attached to an aromatic ring is 1. The van der Waals surface area contributed by atoms with Crippen LogP contribution < -0.4 is 11.1 Å². The molecule has 0 aromatic heterocycles. The average molecular weight is 252 g/mol. The average Bonchev–Trinajstić information content (AvgIpc) is 2.33. The Balaban J connectivity index is 2.57. The Morgan fingerprint density at radius 2 is 2.06 bits per heavy atom. The van der Waals surface area contributed by atoms with Crippen molar-refractivity contribution < 1.29 is 13.6 Å². The number of unbranched alkanes of at least 4 members (excludes halogenated alkanes) is 2. The highest BCUT2D eigenvalue weighted by Crippen LogP contribution is 2.16. The first-order valence-electron chi connectivity index (χ1n) is 5.52. The summed E-state index contributed by atoms with van der Waals surface area (Å²) in [5.74, 6) is 0.0635. The summed E-state index contributed by atoms with van der Waals surface area (Å²) in [6.07, 6.45) is 7.19. The summed E-state index contributed by atoms with van der Waals surface area (Å²) in [5, 5.41) is 2.52. The molecule has 0 unspecified atom stereocenters. The van der Waals surface area contributed by atoms with E-state index in [0.717, 1.165) is 12.5 Å². The van der Waals surface area contributed by atoms with Gasteiger partial charge in [0.05, 0.1) is 11.3 Å². The van der Waals surface area contributed by atoms with E-state index in [1.54, 1.807) is 0 Å². The van der Waals surface area contributed by atoms with Crippen LogP contribution in [0.2, 0.25) is 0 Å². The molecule has 0 spiro atoms. The second kappa shape index (κ2) is 6.60. The molecule has 0 atom stereocenters. The van der Waals surface area contributed by atoms with Gasteiger partial charge < -0.3 is 11.1 Å². The molecule has 0 bridgehead atoms. The van der Waals surface area contributed by atoms with E-state index in [0.29, 0.717) is 25.5 Å². The van der Waals surface area contributed by atoms with Gasteiger partial charge in [0.2, 0.25) is 0 Å². The minimum atomic E-state index is -0.928. The van der Waals surface area contributed by atoms with Gasteiger partial charge in [-0.25, -0.2) is 8.78 Å². The predicted molar refractivity (Wildman–Crippen MR) is 65.8 cm³/mol. The van der Waals surface area contributed by atoms with Gasteiger partial charge in [0, 0.05) is 19.0 Å². The van der Waals surface area contributed by atoms with Gasteiger partial charge in [-0.1, -0.05) is 0 Å². The molecule has 96 valence electrons. The number of carbonyl (C=O) groups excluding carboxylic acids is 1. The number of halogens is 2. The van der Waals surface area contributed by atoms with E-state index in [1.165, 1.54) is 0 Å². The third-order valence-corrected chi connectivity index (χ3v) is 2.36. The highest BCUT2D eigenvalue weighted by atomic mass is 19.1. The molecule has 0 heterocycles. The Bertz CT molecular complexity index is 481. The topological polar surface area (TPSA) is 55.1 Å². The highest BCUT2D eigenvalue weighted by Gasteiger charge is 2.14. The minimum Gasteiger partial charge on any atom is -0.396 e. The largest absolute Gasteiger partial charge is 0.396 e. The SMILES string of the molecule is C#CCCCCNC(=O)c1cc(N)c(F)cc1F. The van der Waals surface area contributed by atoms with Crippen LogP contribution in [-0.4, -0.2) is 12.5 Å². The van der Waals surface area contributed by atoms with E-state index in [-0.39, 0.29) is 11.3 Å². The predicted octanol–water partition coefficient (Wildman–Crippen LogP) is 2.08. The zero-order chi connectivity index (χ0) is 13.5. The fourth-order valence-corrected chi connectivity index (χ4v) is 1.39. The molecular weight excluding hydrogens is 238 g/mol. The van der Waals surface area contributed by atoms with Crippen molar-refractivity contribution in [2.75, 3.05) is 12.3 Å². The first-order chi connectivity index (χ1) is 8.56. The lowest BCUT2D eigenvalue weighted by molar-refractivity contribution is 0.0949. The van der Waals surface area contributed by atoms with Gasteiger partial charge in [0.1, 0.15) is 11.6 Å². The van der Waals surface area contributed by atoms with Crippen molar-refractivity contribution >= 4 is 11.6 Å². The number of amides is 1. The number of terminal acetylenes is 1. The number of nitrogens with one attached hydrogen (secondary N) is 1. The van der Waals surface area contributed by atoms with E-state index in [2.05, 4.69) is 11.2 Å². The number of hydrogen-bond acceptors (Lipinski definition) is 2. The van der Waals surface area contributed by atoms with Crippen LogP contribution in [0.1, 0.15) is 29.6 Å². The van der Waals surface area contributed by atoms with Gasteiger partial charge in [-0.15, -0.1) is 12.3 Å². The van der Waals surface area contributed by atoms with Crippen LogP contribution in [0.4, 0.5) is 14.5 Å². The van der Waals surface area contributed by atoms with Crippen molar-refractivity contribution in [3.05, 3.63) is 29.3 Å². The van der Waals surface area contributed by atoms with Gasteiger partial charge >= 0.3 is 0 Å². The first-order valence-corrected chi connectivity index (χ1v) is 5.52. The second-order valence-electron chi connectivity index (χ2n) is 3.77. The molecule has 3 nitrogen and oxygen atoms in total. The summed E-state index contributed by atoms with van der Waals surface area (Å²) in [6.45, 7) is 0.386. The molecule has 0 aliphatic carbocycles. The summed E-state index contributed by atoms with van der Waals surface area (Å²) < 4.78 is 26.2. The van der Waals surface area contributed by atoms with Crippen molar-refractivity contribution in [3.63, 3.8) is 0 Å². The molecule has 1 aromatic rings. The summed E-state index contributed by atoms with van der Waals surface area (Å²) >= 11 is 0. The van der Waals surface area contributed by atoms with E-state index < -0.39 is 17.5 Å². The lowest BCUT2D eigenvalue weighted by Gasteiger charge is -2.07. The maximum atomic E-state index is 13.3. The highest BCUT2D eigenvalue weighted by molar-refractivity contribution is 5.95. The zero-order valence-corrected chi connectivity index (χ0v) is 9.80. The Kier molecular flexibility index (Phi) is 5.12. The van der Waals surface area contributed by atoms with Crippen LogP contribution in [0.5, 0.6) is 0 Å². The molecule has 0 aliphatic heterocycles. The molecule has 0 radical (unpaired) electrons. The number of benzene rings is 1. The molecule has 18 heavy (non-hydrogen) atoms. The fraction of sp³-hybridized carbons (Fsp3) is 0.308. The third-order valence-electron chi connectivity index (χ3n) is 2.36. The summed E-state index contributed by atoms with van der Waals surface area (Å²) in [7, 11) is 0. The van der Waals surface area contributed by atoms with Gasteiger partial charge in [-0.2, -0.15) is 0 Å². The Labute approximate surface area is 104 Å². The van der Waals surface area contributed by atoms with Gasteiger partial charge in [0.15, 0.2) is 0 Å². The number of nitrogens with two attached hydrogens (primary N) is 1. The number of rotatable bonds is 5. The minimum absolute atomic E-state index is 0.256. The van der Waals surface area contributed by atoms with E-state index in [4.69, 9.17) is 12.2 Å². The van der Waals surface area contributed by atoms with Crippen LogP contribution in [-0.2, 0) is 0 Å². The lowest BCUT2D eigenvalue weighted by Crippen LogP contribution is -2.25. The van der Waals surface area contributed by atoms with Crippen LogP contribution in [0.25, 0.3) is 0 Å². The van der Waals surface area contributed by atoms with Gasteiger partial charge in [-0.3, -0.25) is 4.79 Å². The quantitative estimate of drug-likeness (QED) is 0.479. The van der Waals surface area contributed by atoms with E-state index in [1.807, 2.05) is 0 Å². The summed E-state index contributed by atoms with van der Waals surface area (Å²) in [5.41, 5.74) is 4.76. The first kappa shape index (κ1) is 14.0. The van der Waals surface area contributed by atoms with Crippen molar-refractivity contribution in [1.29, 1.82) is 0 Å². The molecule has 1 amide bonds. The van der Waals surface area contributed by atoms with Crippen molar-refractivity contribution in [2.45, 2.75) is 19.3 Å². The monoisotopic (exact) mass is 252 g/mol. The third kappa shape index (κ3) is 3.74. The summed E-state index contributed by atoms with van der Waals surface area (Å²) in [4.78, 5) is 11.6. The van der Waals surface area contributed by atoms with Crippen LogP contribution in [0.15, 0.2) is 12.1 Å². The number of hydrogen-bond donors (Lipinski definition) is 2. The molecule has 0 saturated heterocycles. The maximum absolute atomic E-state index is 13.3. The van der Waals surface area contributed by atoms with Gasteiger partial charge in [-0.05, 0) is 18.9 Å². The Morgan fingerprint density at radius 1 is 1.33 bits per heavy atom. The molecule has 3 N–H and O–H groups in total. The molecule has 0 fully saturated rings. The molecule has 0 saturated carbocycles. The van der Waals surface area contributed by atoms with Crippen molar-refractivity contribution in [2.24, 2.45) is 0 Å². The Hall–Kier alpha value is -2.09. The molecule has 1 rings (SSSR count). The van der Waals surface area contributed by atoms with E-state index in [9.17, 15) is 13.6 Å². The number of anilines is 1. The van der Waals surface area contributed by atoms with Crippen molar-refractivity contribution in [1.82, 2.24) is 5.32 Å². The Morgan fingerprint density at radius 3 is 2.72 bits per heavy atom. The normalized spacial score (nSPS) is 9.83.